The van der Waals surface area contributed by atoms with E-state index >= 15 is 0 Å². The second kappa shape index (κ2) is 6.48. The van der Waals surface area contributed by atoms with E-state index in [-0.39, 0.29) is 17.6 Å². The third-order valence-electron chi connectivity index (χ3n) is 4.98. The molecule has 0 unspecified atom stereocenters. The maximum absolute atomic E-state index is 13.2. The molecule has 0 radical (unpaired) electrons. The molecule has 1 amide bonds. The minimum atomic E-state index is -0.543. The fourth-order valence-electron chi connectivity index (χ4n) is 3.77. The van der Waals surface area contributed by atoms with Crippen molar-refractivity contribution < 1.29 is 14.0 Å². The van der Waals surface area contributed by atoms with E-state index < -0.39 is 6.04 Å². The summed E-state index contributed by atoms with van der Waals surface area (Å²) in [6.07, 6.45) is 3.69. The van der Waals surface area contributed by atoms with Crippen LogP contribution < -0.4 is 10.2 Å². The quantitative estimate of drug-likeness (QED) is 0.869. The van der Waals surface area contributed by atoms with E-state index in [9.17, 15) is 9.59 Å². The molecule has 4 rings (SSSR count). The van der Waals surface area contributed by atoms with Gasteiger partial charge in [0.15, 0.2) is 5.78 Å². The minimum Gasteiger partial charge on any atom is -0.467 e. The molecule has 0 saturated carbocycles. The Morgan fingerprint density at radius 2 is 2.00 bits per heavy atom. The maximum atomic E-state index is 13.2. The highest BCUT2D eigenvalue weighted by Crippen LogP contribution is 2.45. The number of benzene rings is 1. The van der Waals surface area contributed by atoms with Crippen LogP contribution in [0.1, 0.15) is 44.9 Å². The van der Waals surface area contributed by atoms with E-state index in [1.165, 1.54) is 0 Å². The number of nitrogens with zero attached hydrogens (tertiary/aromatic N) is 1. The van der Waals surface area contributed by atoms with Crippen molar-refractivity contribution in [3.8, 4) is 0 Å². The molecule has 1 aliphatic heterocycles. The van der Waals surface area contributed by atoms with Gasteiger partial charge in [-0.2, -0.15) is 0 Å². The van der Waals surface area contributed by atoms with Crippen LogP contribution in [0.25, 0.3) is 0 Å². The van der Waals surface area contributed by atoms with Crippen LogP contribution in [0.15, 0.2) is 58.3 Å². The molecule has 1 aliphatic carbocycles. The number of para-hydroxylation sites is 2. The van der Waals surface area contributed by atoms with Gasteiger partial charge in [-0.3, -0.25) is 14.5 Å². The number of fused-ring (bicyclic) bond motifs is 1. The van der Waals surface area contributed by atoms with E-state index in [0.717, 1.165) is 29.9 Å². The standard InChI is InChI=1S/C21H22N2O3/c1-13(2)21(25)23-16-9-4-3-7-14(16)22-15-8-5-10-17(24)19(15)20(23)18-11-6-12-26-18/h3-4,6-7,9,11-13,20,22H,5,8,10H2,1-2H3/t20-/m0/s1. The van der Waals surface area contributed by atoms with Gasteiger partial charge in [-0.15, -0.1) is 0 Å². The Bertz CT molecular complexity index is 880. The number of hydrogen-bond donors (Lipinski definition) is 1. The summed E-state index contributed by atoms with van der Waals surface area (Å²) < 4.78 is 5.69. The van der Waals surface area contributed by atoms with Gasteiger partial charge >= 0.3 is 0 Å². The lowest BCUT2D eigenvalue weighted by molar-refractivity contribution is -0.122. The van der Waals surface area contributed by atoms with Crippen LogP contribution in [0.2, 0.25) is 0 Å². The molecular formula is C21H22N2O3. The maximum Gasteiger partial charge on any atom is 0.230 e. The van der Waals surface area contributed by atoms with Crippen LogP contribution in [-0.2, 0) is 9.59 Å². The lowest BCUT2D eigenvalue weighted by Crippen LogP contribution is -2.40. The lowest BCUT2D eigenvalue weighted by Gasteiger charge is -2.33. The number of Topliss-reactive ketones (excluding diaryl/α,β-unsaturated/α-hetero) is 1. The number of nitrogens with one attached hydrogen (secondary N) is 1. The van der Waals surface area contributed by atoms with Gasteiger partial charge in [-0.05, 0) is 37.1 Å². The molecule has 0 saturated heterocycles. The Morgan fingerprint density at radius 3 is 2.73 bits per heavy atom. The fourth-order valence-corrected chi connectivity index (χ4v) is 3.77. The summed E-state index contributed by atoms with van der Waals surface area (Å²) in [5.41, 5.74) is 3.16. The fraction of sp³-hybridized carbons (Fsp3) is 0.333. The van der Waals surface area contributed by atoms with Crippen LogP contribution in [0.4, 0.5) is 11.4 Å². The van der Waals surface area contributed by atoms with Gasteiger partial charge in [-0.1, -0.05) is 26.0 Å². The lowest BCUT2D eigenvalue weighted by atomic mass is 9.87. The first-order chi connectivity index (χ1) is 12.6. The van der Waals surface area contributed by atoms with Crippen molar-refractivity contribution in [1.29, 1.82) is 0 Å². The number of carbonyl (C=O) groups is 2. The van der Waals surface area contributed by atoms with Gasteiger partial charge in [0.25, 0.3) is 0 Å². The summed E-state index contributed by atoms with van der Waals surface area (Å²) >= 11 is 0. The van der Waals surface area contributed by atoms with Crippen molar-refractivity contribution in [2.75, 3.05) is 10.2 Å². The zero-order chi connectivity index (χ0) is 18.3. The smallest absolute Gasteiger partial charge is 0.230 e. The number of rotatable bonds is 2. The molecule has 2 aromatic rings. The van der Waals surface area contributed by atoms with Crippen LogP contribution in [0.5, 0.6) is 0 Å². The molecule has 1 aromatic heterocycles. The van der Waals surface area contributed by atoms with E-state index in [1.54, 1.807) is 17.2 Å². The van der Waals surface area contributed by atoms with Crippen LogP contribution in [-0.4, -0.2) is 11.7 Å². The molecule has 26 heavy (non-hydrogen) atoms. The van der Waals surface area contributed by atoms with Crippen LogP contribution >= 0.6 is 0 Å². The molecule has 1 N–H and O–H groups in total. The average Bonchev–Trinajstić information content (AvgIpc) is 3.10. The Kier molecular flexibility index (Phi) is 4.15. The van der Waals surface area contributed by atoms with Crippen LogP contribution in [0.3, 0.4) is 0 Å². The minimum absolute atomic E-state index is 0.0345. The average molecular weight is 350 g/mol. The summed E-state index contributed by atoms with van der Waals surface area (Å²) in [6, 6.07) is 10.8. The van der Waals surface area contributed by atoms with Crippen molar-refractivity contribution >= 4 is 23.1 Å². The molecular weight excluding hydrogens is 328 g/mol. The predicted molar refractivity (Wildman–Crippen MR) is 99.7 cm³/mol. The molecule has 5 heteroatoms. The second-order valence-electron chi connectivity index (χ2n) is 7.09. The number of carbonyl (C=O) groups excluding carboxylic acids is 2. The number of allylic oxidation sites excluding steroid dienone is 1. The van der Waals surface area contributed by atoms with Gasteiger partial charge in [-0.25, -0.2) is 0 Å². The Balaban J connectivity index is 2.00. The zero-order valence-corrected chi connectivity index (χ0v) is 15.0. The van der Waals surface area contributed by atoms with Crippen molar-refractivity contribution in [1.82, 2.24) is 0 Å². The highest BCUT2D eigenvalue weighted by molar-refractivity contribution is 6.06. The third kappa shape index (κ3) is 2.64. The first kappa shape index (κ1) is 16.6. The highest BCUT2D eigenvalue weighted by Gasteiger charge is 2.41. The molecule has 2 aliphatic rings. The first-order valence-electron chi connectivity index (χ1n) is 9.06. The molecule has 0 spiro atoms. The molecule has 1 atom stereocenters. The van der Waals surface area contributed by atoms with Gasteiger partial charge < -0.3 is 9.73 Å². The van der Waals surface area contributed by atoms with Gasteiger partial charge in [0.1, 0.15) is 11.8 Å². The largest absolute Gasteiger partial charge is 0.467 e. The number of ketones is 1. The summed E-state index contributed by atoms with van der Waals surface area (Å²) in [5.74, 6) is 0.448. The van der Waals surface area contributed by atoms with E-state index in [0.29, 0.717) is 17.8 Å². The van der Waals surface area contributed by atoms with E-state index in [2.05, 4.69) is 5.32 Å². The molecule has 5 nitrogen and oxygen atoms in total. The summed E-state index contributed by atoms with van der Waals surface area (Å²) in [5, 5.41) is 3.43. The predicted octanol–water partition coefficient (Wildman–Crippen LogP) is 4.44. The summed E-state index contributed by atoms with van der Waals surface area (Å²) in [4.78, 5) is 27.9. The van der Waals surface area contributed by atoms with Crippen molar-refractivity contribution in [2.45, 2.75) is 39.2 Å². The van der Waals surface area contributed by atoms with Crippen molar-refractivity contribution in [3.05, 3.63) is 59.7 Å². The molecule has 134 valence electrons. The van der Waals surface area contributed by atoms with Crippen molar-refractivity contribution in [2.24, 2.45) is 5.92 Å². The van der Waals surface area contributed by atoms with Gasteiger partial charge in [0, 0.05) is 23.6 Å². The normalized spacial score (nSPS) is 19.7. The summed E-state index contributed by atoms with van der Waals surface area (Å²) in [6.45, 7) is 3.75. The van der Waals surface area contributed by atoms with E-state index in [4.69, 9.17) is 4.42 Å². The van der Waals surface area contributed by atoms with Gasteiger partial charge in [0.2, 0.25) is 5.91 Å². The van der Waals surface area contributed by atoms with Crippen molar-refractivity contribution in [3.63, 3.8) is 0 Å². The number of amides is 1. The molecule has 0 fully saturated rings. The Hall–Kier alpha value is -2.82. The first-order valence-corrected chi connectivity index (χ1v) is 9.06. The van der Waals surface area contributed by atoms with E-state index in [1.807, 2.05) is 44.2 Å². The highest BCUT2D eigenvalue weighted by atomic mass is 16.3. The molecule has 2 heterocycles. The topological polar surface area (TPSA) is 62.6 Å². The SMILES string of the molecule is CC(C)C(=O)N1c2ccccc2NC2=C(C(=O)CCC2)[C@@H]1c1ccco1. The molecule has 0 bridgehead atoms. The monoisotopic (exact) mass is 350 g/mol. The number of anilines is 2. The summed E-state index contributed by atoms with van der Waals surface area (Å²) in [7, 11) is 0. The third-order valence-corrected chi connectivity index (χ3v) is 4.98. The Morgan fingerprint density at radius 1 is 1.19 bits per heavy atom. The number of hydrogen-bond acceptors (Lipinski definition) is 4. The number of furan rings is 1. The zero-order valence-electron chi connectivity index (χ0n) is 15.0. The van der Waals surface area contributed by atoms with Gasteiger partial charge in [0.05, 0.1) is 17.6 Å². The Labute approximate surface area is 152 Å². The molecule has 1 aromatic carbocycles. The second-order valence-corrected chi connectivity index (χ2v) is 7.09. The van der Waals surface area contributed by atoms with Crippen LogP contribution in [0, 0.1) is 5.92 Å².